The van der Waals surface area contributed by atoms with Crippen LogP contribution in [0, 0.1) is 6.92 Å². The Morgan fingerprint density at radius 1 is 1.00 bits per heavy atom. The number of aryl methyl sites for hydroxylation is 1. The molecule has 0 saturated carbocycles. The Labute approximate surface area is 154 Å². The minimum atomic E-state index is -0.128. The molecule has 5 heteroatoms. The van der Waals surface area contributed by atoms with Gasteiger partial charge in [0.15, 0.2) is 0 Å². The minimum absolute atomic E-state index is 0.128. The fourth-order valence-corrected chi connectivity index (χ4v) is 2.86. The van der Waals surface area contributed by atoms with Gasteiger partial charge in [0, 0.05) is 18.5 Å². The monoisotopic (exact) mass is 351 g/mol. The van der Waals surface area contributed by atoms with Crippen LogP contribution in [0.4, 0.5) is 10.5 Å². The van der Waals surface area contributed by atoms with Gasteiger partial charge < -0.3 is 19.5 Å². The predicted octanol–water partition coefficient (Wildman–Crippen LogP) is 4.34. The molecule has 0 aliphatic rings. The number of amides is 2. The van der Waals surface area contributed by atoms with Crippen molar-refractivity contribution in [1.82, 2.24) is 9.80 Å². The van der Waals surface area contributed by atoms with Crippen LogP contribution in [0.1, 0.15) is 11.5 Å². The Morgan fingerprint density at radius 2 is 1.77 bits per heavy atom. The van der Waals surface area contributed by atoms with E-state index in [4.69, 9.17) is 4.42 Å². The normalized spacial score (nSPS) is 11.1. The second-order valence-electron chi connectivity index (χ2n) is 6.69. The number of likely N-dealkylation sites (N-methyl/N-ethyl adjacent to an activating group) is 1. The van der Waals surface area contributed by atoms with Gasteiger partial charge in [-0.25, -0.2) is 4.79 Å². The maximum absolute atomic E-state index is 12.9. The zero-order chi connectivity index (χ0) is 18.5. The summed E-state index contributed by atoms with van der Waals surface area (Å²) in [5, 5.41) is 5.20. The largest absolute Gasteiger partial charge is 0.464 e. The second-order valence-corrected chi connectivity index (χ2v) is 6.69. The smallest absolute Gasteiger partial charge is 0.322 e. The summed E-state index contributed by atoms with van der Waals surface area (Å²) in [5.41, 5.74) is 0.818. The van der Waals surface area contributed by atoms with Gasteiger partial charge in [-0.05, 0) is 44.6 Å². The highest BCUT2D eigenvalue weighted by atomic mass is 16.3. The molecule has 0 spiro atoms. The van der Waals surface area contributed by atoms with Gasteiger partial charge in [-0.1, -0.05) is 36.4 Å². The van der Waals surface area contributed by atoms with Crippen LogP contribution in [0.25, 0.3) is 10.8 Å². The molecule has 3 rings (SSSR count). The van der Waals surface area contributed by atoms with E-state index in [2.05, 4.69) is 10.2 Å². The number of benzene rings is 2. The van der Waals surface area contributed by atoms with E-state index in [1.54, 1.807) is 4.90 Å². The Balaban J connectivity index is 1.79. The third-order valence-corrected chi connectivity index (χ3v) is 4.28. The van der Waals surface area contributed by atoms with Gasteiger partial charge in [0.25, 0.3) is 0 Å². The summed E-state index contributed by atoms with van der Waals surface area (Å²) in [4.78, 5) is 16.8. The van der Waals surface area contributed by atoms with Gasteiger partial charge in [-0.3, -0.25) is 0 Å². The van der Waals surface area contributed by atoms with Crippen molar-refractivity contribution in [2.75, 3.05) is 32.5 Å². The van der Waals surface area contributed by atoms with Crippen molar-refractivity contribution in [1.29, 1.82) is 0 Å². The molecule has 0 aliphatic carbocycles. The molecule has 0 saturated heterocycles. The van der Waals surface area contributed by atoms with Gasteiger partial charge in [-0.15, -0.1) is 0 Å². The Hall–Kier alpha value is -2.79. The Kier molecular flexibility index (Phi) is 5.58. The summed E-state index contributed by atoms with van der Waals surface area (Å²) in [7, 11) is 4.00. The number of nitrogens with zero attached hydrogens (tertiary/aromatic N) is 2. The molecule has 1 N–H and O–H groups in total. The van der Waals surface area contributed by atoms with Gasteiger partial charge in [-0.2, -0.15) is 0 Å². The molecular formula is C21H25N3O2. The molecule has 0 atom stereocenters. The van der Waals surface area contributed by atoms with Crippen LogP contribution in [0.3, 0.4) is 0 Å². The number of anilines is 1. The first kappa shape index (κ1) is 18.0. The molecule has 136 valence electrons. The number of rotatable bonds is 6. The van der Waals surface area contributed by atoms with Crippen molar-refractivity contribution in [3.63, 3.8) is 0 Å². The number of carbonyl (C=O) groups excluding carboxylic acids is 1. The third-order valence-electron chi connectivity index (χ3n) is 4.28. The summed E-state index contributed by atoms with van der Waals surface area (Å²) in [6.07, 6.45) is 0. The van der Waals surface area contributed by atoms with Gasteiger partial charge in [0.1, 0.15) is 11.5 Å². The van der Waals surface area contributed by atoms with E-state index >= 15 is 0 Å². The van der Waals surface area contributed by atoms with Crippen LogP contribution in [-0.4, -0.2) is 43.0 Å². The summed E-state index contributed by atoms with van der Waals surface area (Å²) in [6.45, 7) is 3.74. The van der Waals surface area contributed by atoms with Crippen LogP contribution in [0.2, 0.25) is 0 Å². The lowest BCUT2D eigenvalue weighted by Crippen LogP contribution is -2.38. The van der Waals surface area contributed by atoms with Crippen LogP contribution in [-0.2, 0) is 6.54 Å². The van der Waals surface area contributed by atoms with Crippen molar-refractivity contribution < 1.29 is 9.21 Å². The van der Waals surface area contributed by atoms with Crippen LogP contribution < -0.4 is 5.32 Å². The molecular weight excluding hydrogens is 326 g/mol. The molecule has 0 unspecified atom stereocenters. The number of furan rings is 1. The van der Waals surface area contributed by atoms with Crippen molar-refractivity contribution in [3.8, 4) is 0 Å². The standard InChI is InChI=1S/C21H25N3O2/c1-16-11-12-18(26-16)15-24(14-13-23(2)3)21(25)22-20-10-6-8-17-7-4-5-9-19(17)20/h4-12H,13-15H2,1-3H3,(H,22,25). The van der Waals surface area contributed by atoms with E-state index < -0.39 is 0 Å². The zero-order valence-corrected chi connectivity index (χ0v) is 15.5. The maximum Gasteiger partial charge on any atom is 0.322 e. The number of urea groups is 1. The number of nitrogens with one attached hydrogen (secondary N) is 1. The molecule has 26 heavy (non-hydrogen) atoms. The number of hydrogen-bond donors (Lipinski definition) is 1. The number of fused-ring (bicyclic) bond motifs is 1. The average molecular weight is 351 g/mol. The molecule has 1 heterocycles. The quantitative estimate of drug-likeness (QED) is 0.719. The summed E-state index contributed by atoms with van der Waals surface area (Å²) >= 11 is 0. The molecule has 1 aromatic heterocycles. The molecule has 2 amide bonds. The van der Waals surface area contributed by atoms with Crippen molar-refractivity contribution in [2.45, 2.75) is 13.5 Å². The Bertz CT molecular complexity index is 880. The molecule has 0 aliphatic heterocycles. The van der Waals surface area contributed by atoms with E-state index in [-0.39, 0.29) is 6.03 Å². The molecule has 2 aromatic carbocycles. The number of carbonyl (C=O) groups is 1. The summed E-state index contributed by atoms with van der Waals surface area (Å²) < 4.78 is 5.66. The van der Waals surface area contributed by atoms with Gasteiger partial charge in [0.05, 0.1) is 12.2 Å². The van der Waals surface area contributed by atoms with Gasteiger partial charge in [0.2, 0.25) is 0 Å². The number of hydrogen-bond acceptors (Lipinski definition) is 3. The second kappa shape index (κ2) is 8.06. The SMILES string of the molecule is Cc1ccc(CN(CCN(C)C)C(=O)Nc2cccc3ccccc23)o1. The Morgan fingerprint density at radius 3 is 2.50 bits per heavy atom. The van der Waals surface area contributed by atoms with E-state index in [1.165, 1.54) is 0 Å². The molecule has 0 radical (unpaired) electrons. The fraction of sp³-hybridized carbons (Fsp3) is 0.286. The van der Waals surface area contributed by atoms with Crippen molar-refractivity contribution in [3.05, 3.63) is 66.1 Å². The van der Waals surface area contributed by atoms with Crippen molar-refractivity contribution in [2.24, 2.45) is 0 Å². The van der Waals surface area contributed by atoms with E-state index in [9.17, 15) is 4.79 Å². The van der Waals surface area contributed by atoms with Crippen LogP contribution >= 0.6 is 0 Å². The molecule has 0 fully saturated rings. The molecule has 3 aromatic rings. The van der Waals surface area contributed by atoms with Crippen LogP contribution in [0.5, 0.6) is 0 Å². The minimum Gasteiger partial charge on any atom is -0.464 e. The molecule has 0 bridgehead atoms. The lowest BCUT2D eigenvalue weighted by molar-refractivity contribution is 0.196. The third kappa shape index (κ3) is 4.43. The zero-order valence-electron chi connectivity index (χ0n) is 15.5. The first-order valence-corrected chi connectivity index (χ1v) is 8.76. The highest BCUT2D eigenvalue weighted by Crippen LogP contribution is 2.23. The van der Waals surface area contributed by atoms with E-state index in [0.29, 0.717) is 13.1 Å². The lowest BCUT2D eigenvalue weighted by Gasteiger charge is -2.24. The topological polar surface area (TPSA) is 48.7 Å². The van der Waals surface area contributed by atoms with E-state index in [0.717, 1.165) is 34.5 Å². The fourth-order valence-electron chi connectivity index (χ4n) is 2.86. The summed E-state index contributed by atoms with van der Waals surface area (Å²) in [6, 6.07) is 17.7. The highest BCUT2D eigenvalue weighted by molar-refractivity contribution is 6.01. The van der Waals surface area contributed by atoms with Gasteiger partial charge >= 0.3 is 6.03 Å². The highest BCUT2D eigenvalue weighted by Gasteiger charge is 2.17. The first-order chi connectivity index (χ1) is 12.5. The first-order valence-electron chi connectivity index (χ1n) is 8.76. The van der Waals surface area contributed by atoms with E-state index in [1.807, 2.05) is 75.6 Å². The molecule has 5 nitrogen and oxygen atoms in total. The predicted molar refractivity (Wildman–Crippen MR) is 105 cm³/mol. The van der Waals surface area contributed by atoms with Crippen molar-refractivity contribution >= 4 is 22.5 Å². The summed E-state index contributed by atoms with van der Waals surface area (Å²) in [5.74, 6) is 1.64. The maximum atomic E-state index is 12.9. The average Bonchev–Trinajstić information content (AvgIpc) is 3.03. The van der Waals surface area contributed by atoms with Crippen LogP contribution in [0.15, 0.2) is 59.0 Å². The lowest BCUT2D eigenvalue weighted by atomic mass is 10.1.